The van der Waals surface area contributed by atoms with Gasteiger partial charge in [-0.05, 0) is 49.4 Å². The molecule has 0 heterocycles. The summed E-state index contributed by atoms with van der Waals surface area (Å²) >= 11 is 0. The average molecular weight is 356 g/mol. The monoisotopic (exact) mass is 356 g/mol. The predicted octanol–water partition coefficient (Wildman–Crippen LogP) is 4.33. The predicted molar refractivity (Wildman–Crippen MR) is 103 cm³/mol. The Balaban J connectivity index is 1.84. The summed E-state index contributed by atoms with van der Waals surface area (Å²) < 4.78 is 10.9. The van der Waals surface area contributed by atoms with Crippen molar-refractivity contribution < 1.29 is 19.4 Å². The number of carbonyl (C=O) groups excluding carboxylic acids is 1. The third-order valence-corrected chi connectivity index (χ3v) is 4.39. The smallest absolute Gasteiger partial charge is 0.160 e. The first-order valence-corrected chi connectivity index (χ1v) is 9.15. The topological polar surface area (TPSA) is 55.8 Å². The van der Waals surface area contributed by atoms with Gasteiger partial charge in [-0.1, -0.05) is 36.4 Å². The molecule has 0 aromatic heterocycles. The van der Waals surface area contributed by atoms with Gasteiger partial charge in [-0.25, -0.2) is 0 Å². The summed E-state index contributed by atoms with van der Waals surface area (Å²) in [5, 5.41) is 9.67. The van der Waals surface area contributed by atoms with Gasteiger partial charge in [-0.15, -0.1) is 0 Å². The molecule has 4 nitrogen and oxygen atoms in total. The van der Waals surface area contributed by atoms with Crippen LogP contribution in [0.25, 0.3) is 0 Å². The molecule has 0 saturated carbocycles. The van der Waals surface area contributed by atoms with Crippen LogP contribution >= 0.6 is 0 Å². The van der Waals surface area contributed by atoms with Gasteiger partial charge in [0, 0.05) is 19.4 Å². The van der Waals surface area contributed by atoms with Gasteiger partial charge in [0.1, 0.15) is 5.78 Å². The van der Waals surface area contributed by atoms with E-state index < -0.39 is 0 Å². The molecule has 2 aromatic carbocycles. The molecular weight excluding hydrogens is 328 g/mol. The van der Waals surface area contributed by atoms with Crippen molar-refractivity contribution in [2.75, 3.05) is 13.7 Å². The summed E-state index contributed by atoms with van der Waals surface area (Å²) in [6, 6.07) is 15.4. The molecule has 4 heteroatoms. The maximum atomic E-state index is 12.3. The van der Waals surface area contributed by atoms with Gasteiger partial charge in [-0.3, -0.25) is 4.79 Å². The molecule has 0 fully saturated rings. The third-order valence-electron chi connectivity index (χ3n) is 4.39. The highest BCUT2D eigenvalue weighted by atomic mass is 16.5. The van der Waals surface area contributed by atoms with Gasteiger partial charge < -0.3 is 14.6 Å². The van der Waals surface area contributed by atoms with E-state index in [-0.39, 0.29) is 17.6 Å². The Kier molecular flexibility index (Phi) is 8.16. The average Bonchev–Trinajstić information content (AvgIpc) is 2.66. The summed E-state index contributed by atoms with van der Waals surface area (Å²) in [4.78, 5) is 12.3. The maximum Gasteiger partial charge on any atom is 0.160 e. The van der Waals surface area contributed by atoms with E-state index in [1.54, 1.807) is 6.07 Å². The summed E-state index contributed by atoms with van der Waals surface area (Å²) in [6.45, 7) is 2.54. The number of ether oxygens (including phenoxy) is 2. The number of rotatable bonds is 11. The molecule has 1 N–H and O–H groups in total. The highest BCUT2D eigenvalue weighted by Gasteiger charge is 2.15. The molecular formula is C22H28O4. The number of aromatic hydroxyl groups is 1. The van der Waals surface area contributed by atoms with Crippen LogP contribution in [0.1, 0.15) is 37.3 Å². The number of phenols is 1. The van der Waals surface area contributed by atoms with Crippen molar-refractivity contribution in [3.63, 3.8) is 0 Å². The lowest BCUT2D eigenvalue weighted by Gasteiger charge is -2.17. The molecule has 0 saturated heterocycles. The van der Waals surface area contributed by atoms with Gasteiger partial charge in [-0.2, -0.15) is 0 Å². The van der Waals surface area contributed by atoms with Crippen LogP contribution in [-0.4, -0.2) is 30.7 Å². The molecule has 26 heavy (non-hydrogen) atoms. The lowest BCUT2D eigenvalue weighted by atomic mass is 10.00. The third kappa shape index (κ3) is 6.52. The van der Waals surface area contributed by atoms with Crippen molar-refractivity contribution in [1.82, 2.24) is 0 Å². The number of aryl methyl sites for hydroxylation is 2. The van der Waals surface area contributed by atoms with Gasteiger partial charge in [0.25, 0.3) is 0 Å². The summed E-state index contributed by atoms with van der Waals surface area (Å²) in [5.41, 5.74) is 2.24. The summed E-state index contributed by atoms with van der Waals surface area (Å²) in [7, 11) is 1.53. The number of Topliss-reactive ketones (excluding diaryl/α,β-unsaturated/α-hetero) is 1. The second-order valence-corrected chi connectivity index (χ2v) is 6.35. The van der Waals surface area contributed by atoms with Gasteiger partial charge >= 0.3 is 0 Å². The number of hydrogen-bond acceptors (Lipinski definition) is 4. The van der Waals surface area contributed by atoms with E-state index in [9.17, 15) is 9.90 Å². The van der Waals surface area contributed by atoms with Crippen molar-refractivity contribution in [2.24, 2.45) is 0 Å². The Morgan fingerprint density at radius 2 is 1.85 bits per heavy atom. The summed E-state index contributed by atoms with van der Waals surface area (Å²) in [6.07, 6.45) is 3.21. The van der Waals surface area contributed by atoms with E-state index in [0.717, 1.165) is 24.8 Å². The largest absolute Gasteiger partial charge is 0.504 e. The van der Waals surface area contributed by atoms with Crippen molar-refractivity contribution in [2.45, 2.75) is 45.1 Å². The Bertz CT molecular complexity index is 682. The van der Waals surface area contributed by atoms with Gasteiger partial charge in [0.15, 0.2) is 11.5 Å². The van der Waals surface area contributed by atoms with Crippen molar-refractivity contribution in [3.8, 4) is 11.5 Å². The fourth-order valence-corrected chi connectivity index (χ4v) is 2.97. The zero-order valence-corrected chi connectivity index (χ0v) is 15.6. The van der Waals surface area contributed by atoms with Crippen LogP contribution in [-0.2, 0) is 22.4 Å². The molecule has 0 spiro atoms. The zero-order chi connectivity index (χ0) is 18.8. The first kappa shape index (κ1) is 20.0. The van der Waals surface area contributed by atoms with E-state index in [1.807, 2.05) is 49.4 Å². The fourth-order valence-electron chi connectivity index (χ4n) is 2.97. The molecule has 0 aliphatic carbocycles. The SMILES string of the molecule is CCOC(CCc1ccc(O)c(OC)c1)CC(=O)CCc1ccccc1. The standard InChI is InChI=1S/C22H28O4/c1-3-26-20(13-10-18-11-14-21(24)22(15-18)25-2)16-19(23)12-9-17-7-5-4-6-8-17/h4-8,11,14-15,20,24H,3,9-10,12-13,16H2,1-2H3. The van der Waals surface area contributed by atoms with E-state index in [1.165, 1.54) is 12.7 Å². The van der Waals surface area contributed by atoms with Crippen LogP contribution < -0.4 is 4.74 Å². The quantitative estimate of drug-likeness (QED) is 0.651. The normalized spacial score (nSPS) is 11.9. The van der Waals surface area contributed by atoms with Gasteiger partial charge in [0.2, 0.25) is 0 Å². The molecule has 0 bridgehead atoms. The fraction of sp³-hybridized carbons (Fsp3) is 0.409. The highest BCUT2D eigenvalue weighted by molar-refractivity contribution is 5.79. The molecule has 0 aliphatic rings. The van der Waals surface area contributed by atoms with Crippen molar-refractivity contribution >= 4 is 5.78 Å². The van der Waals surface area contributed by atoms with Crippen LogP contribution in [0.2, 0.25) is 0 Å². The lowest BCUT2D eigenvalue weighted by molar-refractivity contribution is -0.121. The van der Waals surface area contributed by atoms with E-state index in [2.05, 4.69) is 0 Å². The van der Waals surface area contributed by atoms with Crippen LogP contribution in [0.4, 0.5) is 0 Å². The van der Waals surface area contributed by atoms with Crippen molar-refractivity contribution in [3.05, 3.63) is 59.7 Å². The minimum atomic E-state index is -0.0805. The highest BCUT2D eigenvalue weighted by Crippen LogP contribution is 2.27. The van der Waals surface area contributed by atoms with E-state index in [0.29, 0.717) is 25.2 Å². The van der Waals surface area contributed by atoms with Gasteiger partial charge in [0.05, 0.1) is 13.2 Å². The molecule has 1 atom stereocenters. The first-order chi connectivity index (χ1) is 12.6. The lowest BCUT2D eigenvalue weighted by Crippen LogP contribution is -2.19. The molecule has 0 aliphatic heterocycles. The number of hydrogen-bond donors (Lipinski definition) is 1. The Hall–Kier alpha value is -2.33. The van der Waals surface area contributed by atoms with E-state index >= 15 is 0 Å². The van der Waals surface area contributed by atoms with Crippen LogP contribution in [0.15, 0.2) is 48.5 Å². The number of benzene rings is 2. The minimum Gasteiger partial charge on any atom is -0.504 e. The Morgan fingerprint density at radius 3 is 2.54 bits per heavy atom. The first-order valence-electron chi connectivity index (χ1n) is 9.15. The second kappa shape index (κ2) is 10.6. The van der Waals surface area contributed by atoms with E-state index in [4.69, 9.17) is 9.47 Å². The van der Waals surface area contributed by atoms with Crippen molar-refractivity contribution in [1.29, 1.82) is 0 Å². The maximum absolute atomic E-state index is 12.3. The molecule has 0 radical (unpaired) electrons. The zero-order valence-electron chi connectivity index (χ0n) is 15.6. The Labute approximate surface area is 155 Å². The Morgan fingerprint density at radius 1 is 1.08 bits per heavy atom. The molecule has 1 unspecified atom stereocenters. The number of carbonyl (C=O) groups is 1. The molecule has 140 valence electrons. The molecule has 2 rings (SSSR count). The molecule has 2 aromatic rings. The second-order valence-electron chi connectivity index (χ2n) is 6.35. The number of ketones is 1. The molecule has 0 amide bonds. The number of methoxy groups -OCH3 is 1. The van der Waals surface area contributed by atoms with Crippen LogP contribution in [0, 0.1) is 0 Å². The summed E-state index contributed by atoms with van der Waals surface area (Å²) in [5.74, 6) is 0.832. The van der Waals surface area contributed by atoms with Crippen LogP contribution in [0.3, 0.4) is 0 Å². The minimum absolute atomic E-state index is 0.0805. The van der Waals surface area contributed by atoms with Crippen LogP contribution in [0.5, 0.6) is 11.5 Å². The number of phenolic OH excluding ortho intramolecular Hbond substituents is 1.